The number of nitrogens with zero attached hydrogens (tertiary/aromatic N) is 2. The van der Waals surface area contributed by atoms with Gasteiger partial charge in [-0.3, -0.25) is 14.4 Å². The molecule has 0 radical (unpaired) electrons. The number of nitrogens with one attached hydrogen (secondary N) is 1. The van der Waals surface area contributed by atoms with Crippen LogP contribution in [0.1, 0.15) is 41.0 Å². The van der Waals surface area contributed by atoms with Gasteiger partial charge in [-0.1, -0.05) is 32.0 Å². The van der Waals surface area contributed by atoms with Crippen LogP contribution in [0.25, 0.3) is 0 Å². The molecule has 1 fully saturated rings. The maximum Gasteiger partial charge on any atom is 0.257 e. The van der Waals surface area contributed by atoms with Crippen molar-refractivity contribution in [1.82, 2.24) is 15.1 Å². The highest BCUT2D eigenvalue weighted by Gasteiger charge is 2.32. The average molecular weight is 474 g/mol. The van der Waals surface area contributed by atoms with Gasteiger partial charge in [0.25, 0.3) is 11.8 Å². The lowest BCUT2D eigenvalue weighted by atomic mass is 10.0. The number of hydrogen-bond acceptors (Lipinski definition) is 4. The fourth-order valence-corrected chi connectivity index (χ4v) is 3.97. The molecule has 0 spiro atoms. The second-order valence-electron chi connectivity index (χ2n) is 8.46. The van der Waals surface area contributed by atoms with Gasteiger partial charge in [-0.2, -0.15) is 0 Å². The van der Waals surface area contributed by atoms with Gasteiger partial charge < -0.3 is 19.9 Å². The first-order chi connectivity index (χ1) is 16.2. The Hall–Kier alpha value is -3.49. The highest BCUT2D eigenvalue weighted by molar-refractivity contribution is 5.98. The van der Waals surface area contributed by atoms with E-state index < -0.39 is 29.1 Å². The lowest BCUT2D eigenvalue weighted by Gasteiger charge is -2.29. The van der Waals surface area contributed by atoms with E-state index in [0.717, 1.165) is 12.1 Å². The summed E-state index contributed by atoms with van der Waals surface area (Å²) in [5.74, 6) is -3.35. The van der Waals surface area contributed by atoms with Crippen LogP contribution in [-0.4, -0.2) is 66.9 Å². The van der Waals surface area contributed by atoms with E-state index in [2.05, 4.69) is 5.32 Å². The molecule has 1 aliphatic rings. The molecule has 9 heteroatoms. The molecule has 7 nitrogen and oxygen atoms in total. The minimum absolute atomic E-state index is 0.185. The monoisotopic (exact) mass is 473 g/mol. The minimum Gasteiger partial charge on any atom is -0.496 e. The first-order valence-electron chi connectivity index (χ1n) is 11.2. The van der Waals surface area contributed by atoms with Gasteiger partial charge in [-0.05, 0) is 36.6 Å². The smallest absolute Gasteiger partial charge is 0.257 e. The second kappa shape index (κ2) is 11.1. The predicted molar refractivity (Wildman–Crippen MR) is 123 cm³/mol. The number of rotatable bonds is 6. The molecule has 1 aliphatic heterocycles. The van der Waals surface area contributed by atoms with Crippen LogP contribution in [0.3, 0.4) is 0 Å². The van der Waals surface area contributed by atoms with Gasteiger partial charge in [0, 0.05) is 26.2 Å². The zero-order chi connectivity index (χ0) is 24.8. The van der Waals surface area contributed by atoms with E-state index in [-0.39, 0.29) is 24.3 Å². The first-order valence-corrected chi connectivity index (χ1v) is 11.2. The van der Waals surface area contributed by atoms with Crippen molar-refractivity contribution in [3.63, 3.8) is 0 Å². The van der Waals surface area contributed by atoms with Crippen LogP contribution in [0.4, 0.5) is 8.78 Å². The third-order valence-corrected chi connectivity index (χ3v) is 5.84. The lowest BCUT2D eigenvalue weighted by molar-refractivity contribution is -0.134. The van der Waals surface area contributed by atoms with Crippen LogP contribution in [-0.2, 0) is 4.79 Å². The van der Waals surface area contributed by atoms with Crippen molar-refractivity contribution < 1.29 is 27.9 Å². The summed E-state index contributed by atoms with van der Waals surface area (Å²) in [6.07, 6.45) is 0.549. The Labute approximate surface area is 197 Å². The Balaban J connectivity index is 1.70. The molecule has 1 N–H and O–H groups in total. The standard InChI is InChI=1S/C25H29F2N3O4/c1-16(2)22(28-23(31)21-18(26)9-6-10-19(21)27)25(33)30-13-7-12-29(14-15-30)24(32)17-8-4-5-11-20(17)34-3/h4-6,8-11,16,22H,7,12-15H2,1-3H3,(H,28,31)/t22-/m0/s1. The topological polar surface area (TPSA) is 79.0 Å². The molecule has 3 rings (SSSR count). The quantitative estimate of drug-likeness (QED) is 0.700. The molecular weight excluding hydrogens is 444 g/mol. The Morgan fingerprint density at radius 1 is 0.912 bits per heavy atom. The summed E-state index contributed by atoms with van der Waals surface area (Å²) in [6, 6.07) is 9.14. The summed E-state index contributed by atoms with van der Waals surface area (Å²) in [5.41, 5.74) is -0.269. The van der Waals surface area contributed by atoms with Crippen LogP contribution in [0.5, 0.6) is 5.75 Å². The van der Waals surface area contributed by atoms with Crippen LogP contribution >= 0.6 is 0 Å². The third kappa shape index (κ3) is 5.52. The molecule has 1 saturated heterocycles. The summed E-state index contributed by atoms with van der Waals surface area (Å²) in [7, 11) is 1.50. The molecule has 0 saturated carbocycles. The van der Waals surface area contributed by atoms with E-state index in [4.69, 9.17) is 4.74 Å². The summed E-state index contributed by atoms with van der Waals surface area (Å²) < 4.78 is 33.4. The number of carbonyl (C=O) groups is 3. The second-order valence-corrected chi connectivity index (χ2v) is 8.46. The lowest BCUT2D eigenvalue weighted by Crippen LogP contribution is -2.52. The number of ether oxygens (including phenoxy) is 1. The number of halogens is 2. The molecule has 34 heavy (non-hydrogen) atoms. The summed E-state index contributed by atoms with van der Waals surface area (Å²) in [6.45, 7) is 4.92. The highest BCUT2D eigenvalue weighted by Crippen LogP contribution is 2.21. The molecule has 0 bridgehead atoms. The molecule has 1 heterocycles. The van der Waals surface area contributed by atoms with Crippen LogP contribution in [0.15, 0.2) is 42.5 Å². The van der Waals surface area contributed by atoms with E-state index >= 15 is 0 Å². The van der Waals surface area contributed by atoms with Crippen LogP contribution < -0.4 is 10.1 Å². The Kier molecular flexibility index (Phi) is 8.20. The van der Waals surface area contributed by atoms with Crippen LogP contribution in [0.2, 0.25) is 0 Å². The van der Waals surface area contributed by atoms with Gasteiger partial charge in [0.1, 0.15) is 29.0 Å². The molecule has 3 amide bonds. The number of para-hydroxylation sites is 1. The first kappa shape index (κ1) is 25.1. The molecule has 182 valence electrons. The van der Waals surface area contributed by atoms with Crippen molar-refractivity contribution in [1.29, 1.82) is 0 Å². The fourth-order valence-electron chi connectivity index (χ4n) is 3.97. The van der Waals surface area contributed by atoms with Gasteiger partial charge >= 0.3 is 0 Å². The molecule has 0 aromatic heterocycles. The molecule has 1 atom stereocenters. The molecule has 0 aliphatic carbocycles. The molecule has 2 aromatic rings. The largest absolute Gasteiger partial charge is 0.496 e. The Morgan fingerprint density at radius 2 is 1.53 bits per heavy atom. The van der Waals surface area contributed by atoms with Crippen molar-refractivity contribution in [2.45, 2.75) is 26.3 Å². The number of methoxy groups -OCH3 is 1. The molecule has 2 aromatic carbocycles. The maximum atomic E-state index is 14.0. The minimum atomic E-state index is -0.993. The van der Waals surface area contributed by atoms with Crippen molar-refractivity contribution >= 4 is 17.7 Å². The van der Waals surface area contributed by atoms with E-state index in [1.54, 1.807) is 47.9 Å². The summed E-state index contributed by atoms with van der Waals surface area (Å²) in [4.78, 5) is 42.1. The van der Waals surface area contributed by atoms with Gasteiger partial charge in [0.05, 0.1) is 12.7 Å². The third-order valence-electron chi connectivity index (χ3n) is 5.84. The van der Waals surface area contributed by atoms with Gasteiger partial charge in [0.2, 0.25) is 5.91 Å². The fraction of sp³-hybridized carbons (Fsp3) is 0.400. The summed E-state index contributed by atoms with van der Waals surface area (Å²) in [5, 5.41) is 2.50. The van der Waals surface area contributed by atoms with Crippen LogP contribution in [0, 0.1) is 17.6 Å². The van der Waals surface area contributed by atoms with Crippen molar-refractivity contribution in [3.05, 3.63) is 65.2 Å². The van der Waals surface area contributed by atoms with Gasteiger partial charge in [0.15, 0.2) is 0 Å². The predicted octanol–water partition coefficient (Wildman–Crippen LogP) is 3.10. The maximum absolute atomic E-state index is 14.0. The zero-order valence-electron chi connectivity index (χ0n) is 19.5. The van der Waals surface area contributed by atoms with E-state index in [1.165, 1.54) is 13.2 Å². The summed E-state index contributed by atoms with van der Waals surface area (Å²) >= 11 is 0. The molecule has 0 unspecified atom stereocenters. The van der Waals surface area contributed by atoms with Gasteiger partial charge in [-0.15, -0.1) is 0 Å². The van der Waals surface area contributed by atoms with E-state index in [1.807, 2.05) is 0 Å². The Morgan fingerprint density at radius 3 is 2.18 bits per heavy atom. The number of hydrogen-bond donors (Lipinski definition) is 1. The van der Waals surface area contributed by atoms with E-state index in [9.17, 15) is 23.2 Å². The SMILES string of the molecule is COc1ccccc1C(=O)N1CCCN(C(=O)[C@@H](NC(=O)c2c(F)cccc2F)C(C)C)CC1. The van der Waals surface area contributed by atoms with Crippen molar-refractivity contribution in [3.8, 4) is 5.75 Å². The van der Waals surface area contributed by atoms with Crippen molar-refractivity contribution in [2.75, 3.05) is 33.3 Å². The number of benzene rings is 2. The average Bonchev–Trinajstić information content (AvgIpc) is 3.07. The van der Waals surface area contributed by atoms with Gasteiger partial charge in [-0.25, -0.2) is 8.78 Å². The normalized spacial score (nSPS) is 15.0. The number of amides is 3. The van der Waals surface area contributed by atoms with E-state index in [0.29, 0.717) is 37.4 Å². The molecular formula is C25H29F2N3O4. The van der Waals surface area contributed by atoms with Crippen molar-refractivity contribution in [2.24, 2.45) is 5.92 Å². The number of carbonyl (C=O) groups excluding carboxylic acids is 3. The highest BCUT2D eigenvalue weighted by atomic mass is 19.1. The zero-order valence-corrected chi connectivity index (χ0v) is 19.5. The Bertz CT molecular complexity index is 1040.